The van der Waals surface area contributed by atoms with Crippen LogP contribution in [0.3, 0.4) is 0 Å². The van der Waals surface area contributed by atoms with Crippen LogP contribution in [0.1, 0.15) is 12.5 Å². The van der Waals surface area contributed by atoms with E-state index in [2.05, 4.69) is 0 Å². The molecular formula is C16H19N3O4. The fourth-order valence-electron chi connectivity index (χ4n) is 1.91. The number of carbonyl (C=O) groups excluding carboxylic acids is 1. The van der Waals surface area contributed by atoms with Crippen LogP contribution >= 0.6 is 0 Å². The van der Waals surface area contributed by atoms with Crippen molar-refractivity contribution in [3.05, 3.63) is 41.5 Å². The molecule has 0 atom stereocenters. The van der Waals surface area contributed by atoms with Crippen LogP contribution in [0.4, 0.5) is 11.4 Å². The largest absolute Gasteiger partial charge is 0.492 e. The van der Waals surface area contributed by atoms with Gasteiger partial charge in [0, 0.05) is 43.2 Å². The summed E-state index contributed by atoms with van der Waals surface area (Å²) in [4.78, 5) is 18.9. The molecule has 0 bridgehead atoms. The lowest BCUT2D eigenvalue weighted by atomic mass is 10.1. The van der Waals surface area contributed by atoms with Crippen molar-refractivity contribution in [1.82, 2.24) is 4.73 Å². The van der Waals surface area contributed by atoms with Crippen LogP contribution < -0.4 is 15.5 Å². The van der Waals surface area contributed by atoms with E-state index in [1.807, 2.05) is 25.1 Å². The number of nitrogen functional groups attached to an aromatic ring is 1. The van der Waals surface area contributed by atoms with Gasteiger partial charge in [0.25, 0.3) is 0 Å². The summed E-state index contributed by atoms with van der Waals surface area (Å²) in [6.07, 6.45) is 1.58. The SMILES string of the molecule is CC(=Cc1ccc(N(C)C)cc1N)C(=O)On1c(O)ccc1O. The second-order valence-corrected chi connectivity index (χ2v) is 5.26. The van der Waals surface area contributed by atoms with E-state index in [4.69, 9.17) is 10.6 Å². The number of nitrogens with zero attached hydrogens (tertiary/aromatic N) is 2. The number of aromatic hydroxyl groups is 2. The van der Waals surface area contributed by atoms with Gasteiger partial charge in [-0.15, -0.1) is 4.73 Å². The van der Waals surface area contributed by atoms with Gasteiger partial charge < -0.3 is 25.7 Å². The number of hydrogen-bond donors (Lipinski definition) is 3. The van der Waals surface area contributed by atoms with Crippen LogP contribution in [0.2, 0.25) is 0 Å². The number of benzene rings is 1. The molecule has 4 N–H and O–H groups in total. The Balaban J connectivity index is 2.21. The van der Waals surface area contributed by atoms with E-state index in [0.29, 0.717) is 16.0 Å². The summed E-state index contributed by atoms with van der Waals surface area (Å²) in [7, 11) is 3.81. The number of rotatable bonds is 4. The van der Waals surface area contributed by atoms with Gasteiger partial charge in [-0.3, -0.25) is 0 Å². The molecule has 0 unspecified atom stereocenters. The minimum atomic E-state index is -0.720. The number of anilines is 2. The number of aromatic nitrogens is 1. The molecule has 0 saturated heterocycles. The van der Waals surface area contributed by atoms with Crippen LogP contribution in [0, 0.1) is 0 Å². The monoisotopic (exact) mass is 317 g/mol. The minimum absolute atomic E-state index is 0.266. The molecule has 122 valence electrons. The molecule has 0 aliphatic heterocycles. The van der Waals surface area contributed by atoms with Crippen molar-refractivity contribution < 1.29 is 19.8 Å². The Bertz CT molecular complexity index is 743. The Morgan fingerprint density at radius 2 is 1.83 bits per heavy atom. The maximum atomic E-state index is 12.0. The number of nitrogens with two attached hydrogens (primary N) is 1. The third kappa shape index (κ3) is 3.57. The van der Waals surface area contributed by atoms with E-state index in [-0.39, 0.29) is 17.3 Å². The van der Waals surface area contributed by atoms with E-state index in [0.717, 1.165) is 5.69 Å². The summed E-state index contributed by atoms with van der Waals surface area (Å²) in [6, 6.07) is 7.89. The lowest BCUT2D eigenvalue weighted by Gasteiger charge is -2.14. The van der Waals surface area contributed by atoms with Crippen LogP contribution in [0.25, 0.3) is 6.08 Å². The third-order valence-electron chi connectivity index (χ3n) is 3.25. The molecule has 0 aliphatic rings. The average molecular weight is 317 g/mol. The smallest absolute Gasteiger partial charge is 0.359 e. The van der Waals surface area contributed by atoms with Crippen LogP contribution in [0.5, 0.6) is 11.8 Å². The highest BCUT2D eigenvalue weighted by atomic mass is 16.7. The first-order valence-corrected chi connectivity index (χ1v) is 6.87. The molecule has 0 saturated carbocycles. The molecule has 0 aliphatic carbocycles. The van der Waals surface area contributed by atoms with Crippen molar-refractivity contribution in [2.24, 2.45) is 0 Å². The van der Waals surface area contributed by atoms with E-state index in [9.17, 15) is 15.0 Å². The number of carbonyl (C=O) groups is 1. The summed E-state index contributed by atoms with van der Waals surface area (Å²) in [5, 5.41) is 18.9. The standard InChI is InChI=1S/C16H19N3O4/c1-10(16(22)23-19-14(20)6-7-15(19)21)8-11-4-5-12(18(2)3)9-13(11)17/h4-9,20-21H,17H2,1-3H3. The van der Waals surface area contributed by atoms with Crippen molar-refractivity contribution in [2.75, 3.05) is 24.7 Å². The van der Waals surface area contributed by atoms with Crippen molar-refractivity contribution in [1.29, 1.82) is 0 Å². The summed E-state index contributed by atoms with van der Waals surface area (Å²) in [6.45, 7) is 1.55. The van der Waals surface area contributed by atoms with Gasteiger partial charge in [-0.25, -0.2) is 4.79 Å². The highest BCUT2D eigenvalue weighted by molar-refractivity contribution is 5.94. The van der Waals surface area contributed by atoms with Gasteiger partial charge in [0.15, 0.2) is 0 Å². The molecular weight excluding hydrogens is 298 g/mol. The van der Waals surface area contributed by atoms with Gasteiger partial charge in [0.05, 0.1) is 0 Å². The summed E-state index contributed by atoms with van der Waals surface area (Å²) in [5.74, 6) is -1.47. The lowest BCUT2D eigenvalue weighted by Crippen LogP contribution is -2.19. The summed E-state index contributed by atoms with van der Waals surface area (Å²) >= 11 is 0. The summed E-state index contributed by atoms with van der Waals surface area (Å²) < 4.78 is 0.637. The Labute approximate surface area is 133 Å². The second kappa shape index (κ2) is 6.35. The molecule has 7 nitrogen and oxygen atoms in total. The Morgan fingerprint density at radius 1 is 1.22 bits per heavy atom. The average Bonchev–Trinajstić information content (AvgIpc) is 2.80. The minimum Gasteiger partial charge on any atom is -0.492 e. The fourth-order valence-corrected chi connectivity index (χ4v) is 1.91. The highest BCUT2D eigenvalue weighted by Crippen LogP contribution is 2.23. The Morgan fingerprint density at radius 3 is 2.35 bits per heavy atom. The van der Waals surface area contributed by atoms with Crippen molar-refractivity contribution in [3.8, 4) is 11.8 Å². The van der Waals surface area contributed by atoms with Crippen molar-refractivity contribution >= 4 is 23.4 Å². The topological polar surface area (TPSA) is 101 Å². The zero-order valence-electron chi connectivity index (χ0n) is 13.1. The normalized spacial score (nSPS) is 11.3. The molecule has 2 rings (SSSR count). The predicted octanol–water partition coefficient (Wildman–Crippen LogP) is 1.61. The van der Waals surface area contributed by atoms with E-state index < -0.39 is 5.97 Å². The zero-order valence-corrected chi connectivity index (χ0v) is 13.1. The van der Waals surface area contributed by atoms with Gasteiger partial charge in [-0.2, -0.15) is 0 Å². The molecule has 2 aromatic rings. The first-order valence-electron chi connectivity index (χ1n) is 6.87. The molecule has 0 amide bonds. The fraction of sp³-hybridized carbons (Fsp3) is 0.188. The highest BCUT2D eigenvalue weighted by Gasteiger charge is 2.14. The van der Waals surface area contributed by atoms with E-state index >= 15 is 0 Å². The van der Waals surface area contributed by atoms with Gasteiger partial charge in [0.1, 0.15) is 0 Å². The van der Waals surface area contributed by atoms with E-state index in [1.54, 1.807) is 25.1 Å². The van der Waals surface area contributed by atoms with Crippen LogP contribution in [0.15, 0.2) is 35.9 Å². The maximum absolute atomic E-state index is 12.0. The maximum Gasteiger partial charge on any atom is 0.359 e. The lowest BCUT2D eigenvalue weighted by molar-refractivity contribution is -0.140. The van der Waals surface area contributed by atoms with Crippen LogP contribution in [-0.2, 0) is 4.79 Å². The second-order valence-electron chi connectivity index (χ2n) is 5.26. The quantitative estimate of drug-likeness (QED) is 0.585. The molecule has 0 fully saturated rings. The Kier molecular flexibility index (Phi) is 4.49. The van der Waals surface area contributed by atoms with Crippen molar-refractivity contribution in [2.45, 2.75) is 6.92 Å². The first-order chi connectivity index (χ1) is 10.8. The molecule has 1 heterocycles. The molecule has 0 spiro atoms. The molecule has 7 heteroatoms. The molecule has 0 radical (unpaired) electrons. The van der Waals surface area contributed by atoms with Crippen molar-refractivity contribution in [3.63, 3.8) is 0 Å². The molecule has 1 aromatic carbocycles. The summed E-state index contributed by atoms with van der Waals surface area (Å²) in [5.41, 5.74) is 8.39. The van der Waals surface area contributed by atoms with E-state index in [1.165, 1.54) is 12.1 Å². The number of hydrogen-bond acceptors (Lipinski definition) is 6. The first kappa shape index (κ1) is 16.3. The zero-order chi connectivity index (χ0) is 17.1. The van der Waals surface area contributed by atoms with Gasteiger partial charge in [0.2, 0.25) is 11.8 Å². The predicted molar refractivity (Wildman–Crippen MR) is 88.2 cm³/mol. The third-order valence-corrected chi connectivity index (χ3v) is 3.25. The Hall–Kier alpha value is -3.09. The van der Waals surface area contributed by atoms with Gasteiger partial charge in [-0.05, 0) is 30.7 Å². The molecule has 1 aromatic heterocycles. The molecule has 23 heavy (non-hydrogen) atoms. The van der Waals surface area contributed by atoms with Crippen LogP contribution in [-0.4, -0.2) is 35.0 Å². The van der Waals surface area contributed by atoms with Gasteiger partial charge in [-0.1, -0.05) is 6.07 Å². The van der Waals surface area contributed by atoms with Gasteiger partial charge >= 0.3 is 5.97 Å².